The Labute approximate surface area is 92.5 Å². The zero-order valence-electron chi connectivity index (χ0n) is 8.13. The average molecular weight is 217 g/mol. The Morgan fingerprint density at radius 2 is 2.20 bits per heavy atom. The Morgan fingerprint density at radius 3 is 2.93 bits per heavy atom. The van der Waals surface area contributed by atoms with Crippen molar-refractivity contribution in [3.63, 3.8) is 0 Å². The van der Waals surface area contributed by atoms with E-state index in [1.807, 2.05) is 18.2 Å². The van der Waals surface area contributed by atoms with E-state index in [0.717, 1.165) is 23.3 Å². The Bertz CT molecular complexity index is 448. The highest BCUT2D eigenvalue weighted by Crippen LogP contribution is 2.26. The first kappa shape index (κ1) is 9.93. The zero-order chi connectivity index (χ0) is 10.5. The molecule has 0 atom stereocenters. The van der Waals surface area contributed by atoms with Crippen molar-refractivity contribution in [1.29, 1.82) is 0 Å². The van der Waals surface area contributed by atoms with E-state index in [-0.39, 0.29) is 0 Å². The summed E-state index contributed by atoms with van der Waals surface area (Å²) in [6.45, 7) is 0. The molecule has 15 heavy (non-hydrogen) atoms. The fourth-order valence-electron chi connectivity index (χ4n) is 1.30. The Kier molecular flexibility index (Phi) is 3.15. The number of pyridine rings is 1. The maximum absolute atomic E-state index is 8.56. The number of hydrogen-bond acceptors (Lipinski definition) is 3. The van der Waals surface area contributed by atoms with E-state index < -0.39 is 0 Å². The first-order valence-electron chi connectivity index (χ1n) is 4.69. The third-order valence-electron chi connectivity index (χ3n) is 2.00. The lowest BCUT2D eigenvalue weighted by Crippen LogP contribution is -1.75. The number of allylic oxidation sites excluding steroid dienone is 1. The average Bonchev–Trinajstić information content (AvgIpc) is 2.76. The minimum absolute atomic E-state index is 0.772. The molecule has 0 saturated heterocycles. The maximum Gasteiger partial charge on any atom is 0.0801 e. The quantitative estimate of drug-likeness (QED) is 0.799. The van der Waals surface area contributed by atoms with Crippen LogP contribution in [0.25, 0.3) is 10.6 Å². The standard InChI is InChI=1S/C12H11NOS/c14-9-3-4-10-6-7-12(15-10)11-5-1-2-8-13-11/h1-3,5-9,14H,4H2/b9-3+. The summed E-state index contributed by atoms with van der Waals surface area (Å²) in [5, 5.41) is 8.56. The fourth-order valence-corrected chi connectivity index (χ4v) is 2.26. The summed E-state index contributed by atoms with van der Waals surface area (Å²) in [7, 11) is 0. The molecule has 0 aliphatic heterocycles. The third-order valence-corrected chi connectivity index (χ3v) is 3.13. The summed E-state index contributed by atoms with van der Waals surface area (Å²) in [4.78, 5) is 6.67. The van der Waals surface area contributed by atoms with Crippen molar-refractivity contribution in [2.24, 2.45) is 0 Å². The van der Waals surface area contributed by atoms with Crippen LogP contribution in [-0.2, 0) is 6.42 Å². The lowest BCUT2D eigenvalue weighted by atomic mass is 10.3. The molecule has 0 aliphatic carbocycles. The molecule has 0 fully saturated rings. The number of hydrogen-bond donors (Lipinski definition) is 1. The summed E-state index contributed by atoms with van der Waals surface area (Å²) < 4.78 is 0. The molecule has 0 radical (unpaired) electrons. The van der Waals surface area contributed by atoms with Gasteiger partial charge in [0.2, 0.25) is 0 Å². The Balaban J connectivity index is 2.20. The highest BCUT2D eigenvalue weighted by molar-refractivity contribution is 7.15. The molecule has 0 bridgehead atoms. The molecule has 3 heteroatoms. The summed E-state index contributed by atoms with van der Waals surface area (Å²) in [5.41, 5.74) is 1.00. The van der Waals surface area contributed by atoms with Gasteiger partial charge in [0.05, 0.1) is 16.8 Å². The molecule has 2 nitrogen and oxygen atoms in total. The number of aromatic nitrogens is 1. The van der Waals surface area contributed by atoms with Crippen molar-refractivity contribution in [3.05, 3.63) is 53.7 Å². The van der Waals surface area contributed by atoms with Crippen LogP contribution in [0, 0.1) is 0 Å². The van der Waals surface area contributed by atoms with Crippen LogP contribution >= 0.6 is 11.3 Å². The van der Waals surface area contributed by atoms with E-state index in [9.17, 15) is 0 Å². The van der Waals surface area contributed by atoms with Gasteiger partial charge in [-0.15, -0.1) is 11.3 Å². The fraction of sp³-hybridized carbons (Fsp3) is 0.0833. The molecule has 2 heterocycles. The van der Waals surface area contributed by atoms with Crippen LogP contribution in [0.4, 0.5) is 0 Å². The van der Waals surface area contributed by atoms with Crippen molar-refractivity contribution in [3.8, 4) is 10.6 Å². The topological polar surface area (TPSA) is 33.1 Å². The molecule has 1 N–H and O–H groups in total. The Hall–Kier alpha value is -1.61. The van der Waals surface area contributed by atoms with E-state index in [1.165, 1.54) is 4.88 Å². The molecular weight excluding hydrogens is 206 g/mol. The normalized spacial score (nSPS) is 10.9. The molecule has 0 aliphatic rings. The molecule has 2 aromatic rings. The van der Waals surface area contributed by atoms with Gasteiger partial charge in [0.25, 0.3) is 0 Å². The van der Waals surface area contributed by atoms with Gasteiger partial charge in [-0.1, -0.05) is 6.07 Å². The molecule has 2 rings (SSSR count). The maximum atomic E-state index is 8.56. The lowest BCUT2D eigenvalue weighted by Gasteiger charge is -1.93. The van der Waals surface area contributed by atoms with Crippen LogP contribution in [0.3, 0.4) is 0 Å². The molecule has 0 amide bonds. The molecule has 76 valence electrons. The summed E-state index contributed by atoms with van der Waals surface area (Å²) in [5.74, 6) is 0. The number of thiophene rings is 1. The third kappa shape index (κ3) is 2.44. The highest BCUT2D eigenvalue weighted by Gasteiger charge is 2.01. The van der Waals surface area contributed by atoms with Crippen LogP contribution in [0.15, 0.2) is 48.9 Å². The number of nitrogens with zero attached hydrogens (tertiary/aromatic N) is 1. The molecule has 0 aromatic carbocycles. The van der Waals surface area contributed by atoms with E-state index in [0.29, 0.717) is 0 Å². The largest absolute Gasteiger partial charge is 0.516 e. The minimum Gasteiger partial charge on any atom is -0.516 e. The monoisotopic (exact) mass is 217 g/mol. The number of aliphatic hydroxyl groups is 1. The van der Waals surface area contributed by atoms with Crippen LogP contribution in [0.2, 0.25) is 0 Å². The van der Waals surface area contributed by atoms with E-state index in [1.54, 1.807) is 23.6 Å². The molecule has 0 saturated carbocycles. The van der Waals surface area contributed by atoms with Gasteiger partial charge in [0.1, 0.15) is 0 Å². The van der Waals surface area contributed by atoms with Crippen molar-refractivity contribution < 1.29 is 5.11 Å². The van der Waals surface area contributed by atoms with E-state index >= 15 is 0 Å². The van der Waals surface area contributed by atoms with E-state index in [2.05, 4.69) is 17.1 Å². The number of rotatable bonds is 3. The van der Waals surface area contributed by atoms with Crippen molar-refractivity contribution in [2.45, 2.75) is 6.42 Å². The van der Waals surface area contributed by atoms with Crippen LogP contribution in [0.1, 0.15) is 4.88 Å². The van der Waals surface area contributed by atoms with Crippen molar-refractivity contribution in [2.75, 3.05) is 0 Å². The second-order valence-electron chi connectivity index (χ2n) is 3.07. The van der Waals surface area contributed by atoms with Gasteiger partial charge in [-0.25, -0.2) is 0 Å². The summed E-state index contributed by atoms with van der Waals surface area (Å²) in [6, 6.07) is 10.0. The van der Waals surface area contributed by atoms with Gasteiger partial charge in [-0.2, -0.15) is 0 Å². The van der Waals surface area contributed by atoms with Gasteiger partial charge < -0.3 is 5.11 Å². The van der Waals surface area contributed by atoms with Gasteiger partial charge in [0.15, 0.2) is 0 Å². The van der Waals surface area contributed by atoms with Crippen LogP contribution < -0.4 is 0 Å². The van der Waals surface area contributed by atoms with Gasteiger partial charge >= 0.3 is 0 Å². The predicted molar refractivity (Wildman–Crippen MR) is 63.0 cm³/mol. The summed E-state index contributed by atoms with van der Waals surface area (Å²) >= 11 is 1.70. The molecule has 2 aromatic heterocycles. The minimum atomic E-state index is 0.772. The first-order chi connectivity index (χ1) is 7.40. The molecular formula is C12H11NOS. The van der Waals surface area contributed by atoms with E-state index in [4.69, 9.17) is 5.11 Å². The van der Waals surface area contributed by atoms with Crippen LogP contribution in [0.5, 0.6) is 0 Å². The van der Waals surface area contributed by atoms with Gasteiger partial charge in [0, 0.05) is 17.5 Å². The smallest absolute Gasteiger partial charge is 0.0801 e. The molecule has 0 unspecified atom stereocenters. The zero-order valence-corrected chi connectivity index (χ0v) is 8.95. The summed E-state index contributed by atoms with van der Waals surface area (Å²) in [6.07, 6.45) is 5.38. The van der Waals surface area contributed by atoms with Crippen molar-refractivity contribution >= 4 is 11.3 Å². The SMILES string of the molecule is O/C=C/Cc1ccc(-c2ccccn2)s1. The second-order valence-corrected chi connectivity index (χ2v) is 4.24. The highest BCUT2D eigenvalue weighted by atomic mass is 32.1. The predicted octanol–water partition coefficient (Wildman–Crippen LogP) is 3.42. The lowest BCUT2D eigenvalue weighted by molar-refractivity contribution is 0.471. The first-order valence-corrected chi connectivity index (χ1v) is 5.51. The van der Waals surface area contributed by atoms with Crippen LogP contribution in [-0.4, -0.2) is 10.1 Å². The van der Waals surface area contributed by atoms with Gasteiger partial charge in [-0.3, -0.25) is 4.98 Å². The number of aliphatic hydroxyl groups excluding tert-OH is 1. The van der Waals surface area contributed by atoms with Gasteiger partial charge in [-0.05, 0) is 30.3 Å². The second kappa shape index (κ2) is 4.75. The molecule has 0 spiro atoms. The van der Waals surface area contributed by atoms with Crippen molar-refractivity contribution in [1.82, 2.24) is 4.98 Å². The Morgan fingerprint density at radius 1 is 1.27 bits per heavy atom.